The molecule has 0 saturated heterocycles. The van der Waals surface area contributed by atoms with Crippen LogP contribution < -0.4 is 0 Å². The van der Waals surface area contributed by atoms with E-state index in [2.05, 4.69) is 40.1 Å². The molecule has 0 spiro atoms. The van der Waals surface area contributed by atoms with Crippen molar-refractivity contribution in [2.75, 3.05) is 0 Å². The van der Waals surface area contributed by atoms with Crippen LogP contribution in [0, 0.1) is 13.8 Å². The van der Waals surface area contributed by atoms with E-state index >= 15 is 0 Å². The Morgan fingerprint density at radius 2 is 1.65 bits per heavy atom. The van der Waals surface area contributed by atoms with Gasteiger partial charge in [-0.15, -0.1) is 0 Å². The van der Waals surface area contributed by atoms with E-state index in [0.29, 0.717) is 0 Å². The molecule has 0 amide bonds. The summed E-state index contributed by atoms with van der Waals surface area (Å²) in [4.78, 5) is 13.1. The monoisotopic (exact) mass is 261 g/mol. The summed E-state index contributed by atoms with van der Waals surface area (Å²) < 4.78 is 0. The summed E-state index contributed by atoms with van der Waals surface area (Å²) >= 11 is 0. The zero-order valence-electron chi connectivity index (χ0n) is 11.5. The van der Waals surface area contributed by atoms with Gasteiger partial charge in [-0.3, -0.25) is 4.98 Å². The van der Waals surface area contributed by atoms with Gasteiger partial charge in [0.1, 0.15) is 5.82 Å². The van der Waals surface area contributed by atoms with E-state index in [1.165, 1.54) is 5.56 Å². The largest absolute Gasteiger partial charge is 0.256 e. The zero-order valence-corrected chi connectivity index (χ0v) is 11.5. The van der Waals surface area contributed by atoms with Gasteiger partial charge in [-0.2, -0.15) is 0 Å². The van der Waals surface area contributed by atoms with Crippen LogP contribution in [0.3, 0.4) is 0 Å². The molecule has 2 aromatic heterocycles. The molecule has 20 heavy (non-hydrogen) atoms. The molecule has 0 atom stereocenters. The Bertz CT molecular complexity index is 733. The first kappa shape index (κ1) is 12.5. The number of nitrogens with zero attached hydrogens (tertiary/aromatic N) is 3. The Hall–Kier alpha value is -2.55. The second kappa shape index (κ2) is 5.21. The van der Waals surface area contributed by atoms with Gasteiger partial charge in [0, 0.05) is 23.5 Å². The predicted molar refractivity (Wildman–Crippen MR) is 80.2 cm³/mol. The average molecular weight is 261 g/mol. The van der Waals surface area contributed by atoms with Gasteiger partial charge in [0.05, 0.1) is 11.4 Å². The van der Waals surface area contributed by atoms with Crippen LogP contribution in [0.4, 0.5) is 0 Å². The Balaban J connectivity index is 1.98. The van der Waals surface area contributed by atoms with Crippen LogP contribution in [-0.4, -0.2) is 15.0 Å². The van der Waals surface area contributed by atoms with E-state index in [1.54, 1.807) is 6.20 Å². The van der Waals surface area contributed by atoms with Crippen molar-refractivity contribution in [1.29, 1.82) is 0 Å². The highest BCUT2D eigenvalue weighted by atomic mass is 14.9. The number of pyridine rings is 1. The van der Waals surface area contributed by atoms with E-state index in [1.807, 2.05) is 37.4 Å². The second-order valence-corrected chi connectivity index (χ2v) is 4.74. The number of hydrogen-bond acceptors (Lipinski definition) is 3. The third-order valence-electron chi connectivity index (χ3n) is 3.26. The van der Waals surface area contributed by atoms with Gasteiger partial charge in [0.25, 0.3) is 0 Å². The van der Waals surface area contributed by atoms with Crippen molar-refractivity contribution >= 4 is 0 Å². The van der Waals surface area contributed by atoms with Crippen molar-refractivity contribution in [1.82, 2.24) is 15.0 Å². The number of benzene rings is 1. The molecule has 3 rings (SSSR count). The van der Waals surface area contributed by atoms with Gasteiger partial charge in [-0.1, -0.05) is 24.3 Å². The van der Waals surface area contributed by atoms with E-state index in [4.69, 9.17) is 0 Å². The van der Waals surface area contributed by atoms with Crippen LogP contribution in [0.2, 0.25) is 0 Å². The maximum atomic E-state index is 4.56. The number of aromatic nitrogens is 3. The van der Waals surface area contributed by atoms with Gasteiger partial charge in [0.15, 0.2) is 0 Å². The molecule has 0 bridgehead atoms. The van der Waals surface area contributed by atoms with Gasteiger partial charge >= 0.3 is 0 Å². The standard InChI is InChI=1S/C17H15N3/c1-12-5-3-4-6-15(12)17-8-7-14(11-19-17)16-9-10-18-13(2)20-16/h3-11H,1-2H3. The highest BCUT2D eigenvalue weighted by Crippen LogP contribution is 2.23. The Kier molecular flexibility index (Phi) is 3.25. The average Bonchev–Trinajstić information content (AvgIpc) is 2.48. The number of rotatable bonds is 2. The van der Waals surface area contributed by atoms with Crippen LogP contribution >= 0.6 is 0 Å². The molecular formula is C17H15N3. The van der Waals surface area contributed by atoms with Crippen LogP contribution in [0.5, 0.6) is 0 Å². The summed E-state index contributed by atoms with van der Waals surface area (Å²) in [7, 11) is 0. The van der Waals surface area contributed by atoms with Gasteiger partial charge in [-0.25, -0.2) is 9.97 Å². The fourth-order valence-electron chi connectivity index (χ4n) is 2.18. The molecule has 0 fully saturated rings. The second-order valence-electron chi connectivity index (χ2n) is 4.74. The third-order valence-corrected chi connectivity index (χ3v) is 3.26. The van der Waals surface area contributed by atoms with Crippen LogP contribution in [0.1, 0.15) is 11.4 Å². The Labute approximate surface area is 118 Å². The van der Waals surface area contributed by atoms with Crippen molar-refractivity contribution < 1.29 is 0 Å². The minimum atomic E-state index is 0.769. The van der Waals surface area contributed by atoms with Crippen LogP contribution in [-0.2, 0) is 0 Å². The van der Waals surface area contributed by atoms with Gasteiger partial charge < -0.3 is 0 Å². The molecule has 0 radical (unpaired) electrons. The van der Waals surface area contributed by atoms with Crippen molar-refractivity contribution in [3.63, 3.8) is 0 Å². The Morgan fingerprint density at radius 3 is 2.35 bits per heavy atom. The maximum absolute atomic E-state index is 4.56. The summed E-state index contributed by atoms with van der Waals surface area (Å²) in [6.45, 7) is 3.98. The lowest BCUT2D eigenvalue weighted by Gasteiger charge is -2.06. The molecule has 2 heterocycles. The topological polar surface area (TPSA) is 38.7 Å². The minimum Gasteiger partial charge on any atom is -0.256 e. The van der Waals surface area contributed by atoms with Crippen LogP contribution in [0.15, 0.2) is 54.9 Å². The highest BCUT2D eigenvalue weighted by Gasteiger charge is 2.04. The minimum absolute atomic E-state index is 0.769. The molecule has 3 nitrogen and oxygen atoms in total. The zero-order chi connectivity index (χ0) is 13.9. The molecule has 0 saturated carbocycles. The summed E-state index contributed by atoms with van der Waals surface area (Å²) in [5.41, 5.74) is 5.29. The van der Waals surface area contributed by atoms with Crippen molar-refractivity contribution in [2.45, 2.75) is 13.8 Å². The van der Waals surface area contributed by atoms with Crippen molar-refractivity contribution in [3.05, 3.63) is 66.2 Å². The van der Waals surface area contributed by atoms with E-state index in [0.717, 1.165) is 28.3 Å². The summed E-state index contributed by atoms with van der Waals surface area (Å²) in [6.07, 6.45) is 3.64. The Morgan fingerprint density at radius 1 is 0.800 bits per heavy atom. The normalized spacial score (nSPS) is 10.5. The SMILES string of the molecule is Cc1nccc(-c2ccc(-c3ccccc3C)nc2)n1. The fourth-order valence-corrected chi connectivity index (χ4v) is 2.18. The lowest BCUT2D eigenvalue weighted by atomic mass is 10.0. The lowest BCUT2D eigenvalue weighted by molar-refractivity contribution is 1.06. The van der Waals surface area contributed by atoms with E-state index < -0.39 is 0 Å². The molecule has 1 aromatic carbocycles. The van der Waals surface area contributed by atoms with Crippen LogP contribution in [0.25, 0.3) is 22.5 Å². The highest BCUT2D eigenvalue weighted by molar-refractivity contribution is 5.66. The van der Waals surface area contributed by atoms with Crippen molar-refractivity contribution in [3.8, 4) is 22.5 Å². The number of hydrogen-bond donors (Lipinski definition) is 0. The summed E-state index contributed by atoms with van der Waals surface area (Å²) in [5, 5.41) is 0. The lowest BCUT2D eigenvalue weighted by Crippen LogP contribution is -1.91. The first-order valence-corrected chi connectivity index (χ1v) is 6.56. The van der Waals surface area contributed by atoms with E-state index in [9.17, 15) is 0 Å². The summed E-state index contributed by atoms with van der Waals surface area (Å²) in [6, 6.07) is 14.2. The molecule has 3 heteroatoms. The smallest absolute Gasteiger partial charge is 0.125 e. The molecule has 0 aliphatic rings. The van der Waals surface area contributed by atoms with Crippen molar-refractivity contribution in [2.24, 2.45) is 0 Å². The quantitative estimate of drug-likeness (QED) is 0.704. The molecular weight excluding hydrogens is 246 g/mol. The first-order valence-electron chi connectivity index (χ1n) is 6.56. The molecule has 0 aliphatic carbocycles. The first-order chi connectivity index (χ1) is 9.74. The number of aryl methyl sites for hydroxylation is 2. The van der Waals surface area contributed by atoms with Gasteiger partial charge in [0.2, 0.25) is 0 Å². The molecule has 3 aromatic rings. The van der Waals surface area contributed by atoms with E-state index in [-0.39, 0.29) is 0 Å². The molecule has 0 aliphatic heterocycles. The van der Waals surface area contributed by atoms with Gasteiger partial charge in [-0.05, 0) is 37.6 Å². The molecule has 0 N–H and O–H groups in total. The summed E-state index contributed by atoms with van der Waals surface area (Å²) in [5.74, 6) is 0.769. The molecule has 0 unspecified atom stereocenters. The third kappa shape index (κ3) is 2.43. The fraction of sp³-hybridized carbons (Fsp3) is 0.118. The molecule has 98 valence electrons. The maximum Gasteiger partial charge on any atom is 0.125 e. The predicted octanol–water partition coefficient (Wildman–Crippen LogP) is 3.82.